The van der Waals surface area contributed by atoms with Gasteiger partial charge in [0.15, 0.2) is 0 Å². The molecule has 1 aliphatic heterocycles. The number of benzene rings is 3. The lowest BCUT2D eigenvalue weighted by molar-refractivity contribution is -0.128. The van der Waals surface area contributed by atoms with E-state index in [1.54, 1.807) is 45.2 Å². The molecular weight excluding hydrogens is 764 g/mol. The van der Waals surface area contributed by atoms with Crippen LogP contribution in [0.1, 0.15) is 53.7 Å². The number of anilines is 1. The molecule has 0 radical (unpaired) electrons. The summed E-state index contributed by atoms with van der Waals surface area (Å²) < 4.78 is 24.8. The largest absolute Gasteiger partial charge is 0.445 e. The molecule has 2 heterocycles. The van der Waals surface area contributed by atoms with Crippen LogP contribution in [0.4, 0.5) is 24.5 Å². The number of aromatic amines is 1. The van der Waals surface area contributed by atoms with Crippen molar-refractivity contribution in [1.29, 1.82) is 0 Å². The molecule has 1 aromatic heterocycles. The second kappa shape index (κ2) is 20.0. The van der Waals surface area contributed by atoms with Crippen LogP contribution < -0.4 is 32.3 Å². The van der Waals surface area contributed by atoms with Crippen LogP contribution in [0.5, 0.6) is 0 Å². The first-order chi connectivity index (χ1) is 28.2. The zero-order chi connectivity index (χ0) is 42.6. The predicted octanol–water partition coefficient (Wildman–Crippen LogP) is 4.84. The van der Waals surface area contributed by atoms with Gasteiger partial charge in [-0.3, -0.25) is 14.4 Å². The van der Waals surface area contributed by atoms with E-state index in [0.717, 1.165) is 27.8 Å². The summed E-state index contributed by atoms with van der Waals surface area (Å²) in [5, 5.41) is 14.0. The van der Waals surface area contributed by atoms with Crippen molar-refractivity contribution in [3.8, 4) is 11.3 Å². The number of amides is 7. The first-order valence-corrected chi connectivity index (χ1v) is 19.1. The Morgan fingerprint density at radius 1 is 0.983 bits per heavy atom. The zero-order valence-corrected chi connectivity index (χ0v) is 33.1. The monoisotopic (exact) mass is 812 g/mol. The number of hydrogen-bond donors (Lipinski definition) is 7. The smallest absolute Gasteiger partial charge is 0.410 e. The fourth-order valence-electron chi connectivity index (χ4n) is 6.61. The number of rotatable bonds is 17. The van der Waals surface area contributed by atoms with E-state index in [1.165, 1.54) is 23.1 Å². The van der Waals surface area contributed by atoms with Crippen LogP contribution in [0, 0.1) is 11.7 Å². The number of ether oxygens (including phenoxy) is 2. The third kappa shape index (κ3) is 11.6. The molecule has 0 bridgehead atoms. The molecule has 59 heavy (non-hydrogen) atoms. The molecule has 0 saturated heterocycles. The van der Waals surface area contributed by atoms with Gasteiger partial charge >= 0.3 is 18.2 Å². The maximum atomic E-state index is 14.3. The van der Waals surface area contributed by atoms with Gasteiger partial charge in [0.25, 0.3) is 5.91 Å². The Kier molecular flexibility index (Phi) is 14.6. The summed E-state index contributed by atoms with van der Waals surface area (Å²) in [6.07, 6.45) is 1.06. The summed E-state index contributed by atoms with van der Waals surface area (Å²) in [6, 6.07) is 14.1. The van der Waals surface area contributed by atoms with Gasteiger partial charge in [-0.15, -0.1) is 0 Å². The molecule has 312 valence electrons. The fraction of sp³-hybridized carbons (Fsp3) is 0.333. The highest BCUT2D eigenvalue weighted by Crippen LogP contribution is 2.35. The second-order valence-corrected chi connectivity index (χ2v) is 14.4. The van der Waals surface area contributed by atoms with E-state index < -0.39 is 47.9 Å². The Morgan fingerprint density at radius 3 is 2.37 bits per heavy atom. The third-order valence-electron chi connectivity index (χ3n) is 9.59. The summed E-state index contributed by atoms with van der Waals surface area (Å²) in [5.74, 6) is -2.28. The van der Waals surface area contributed by atoms with Crippen molar-refractivity contribution in [3.63, 3.8) is 0 Å². The summed E-state index contributed by atoms with van der Waals surface area (Å²) in [4.78, 5) is 80.1. The van der Waals surface area contributed by atoms with Gasteiger partial charge in [0.1, 0.15) is 31.1 Å². The van der Waals surface area contributed by atoms with E-state index in [0.29, 0.717) is 41.7 Å². The number of nitrogens with two attached hydrogens (primary N) is 1. The summed E-state index contributed by atoms with van der Waals surface area (Å²) in [5.41, 5.74) is 10.5. The Morgan fingerprint density at radius 2 is 1.69 bits per heavy atom. The second-order valence-electron chi connectivity index (χ2n) is 14.4. The number of primary amides is 1. The molecule has 7 amide bonds. The number of carbonyl (C=O) groups excluding carboxylic acids is 6. The number of urea groups is 1. The van der Waals surface area contributed by atoms with Crippen molar-refractivity contribution in [2.45, 2.75) is 58.3 Å². The molecule has 0 unspecified atom stereocenters. The molecule has 0 aliphatic carbocycles. The topological polar surface area (TPSA) is 226 Å². The molecule has 5 rings (SSSR count). The summed E-state index contributed by atoms with van der Waals surface area (Å²) in [7, 11) is 1.62. The Bertz CT molecular complexity index is 2190. The minimum Gasteiger partial charge on any atom is -0.445 e. The van der Waals surface area contributed by atoms with E-state index in [9.17, 15) is 33.2 Å². The molecular formula is C42H49FN8O8. The van der Waals surface area contributed by atoms with Crippen molar-refractivity contribution in [2.24, 2.45) is 11.7 Å². The van der Waals surface area contributed by atoms with Gasteiger partial charge in [-0.25, -0.2) is 18.8 Å². The first kappa shape index (κ1) is 43.2. The Labute approximate surface area is 340 Å². The SMILES string of the molecule is C=CCOC(=O)N[C@H](C(=O)N[C@@H](CCCNC(N)=O)C(=O)Nc1ccc(COC(=O)N(C)Cc2ccc(-c3[nH]c4cc(F)cc5c4c3CCNC5=O)cc2)cc1)C(C)C. The van der Waals surface area contributed by atoms with Gasteiger partial charge in [-0.2, -0.15) is 0 Å². The van der Waals surface area contributed by atoms with Crippen LogP contribution >= 0.6 is 0 Å². The van der Waals surface area contributed by atoms with Crippen molar-refractivity contribution < 1.29 is 42.6 Å². The lowest BCUT2D eigenvalue weighted by Crippen LogP contribution is -2.54. The van der Waals surface area contributed by atoms with Crippen LogP contribution in [0.25, 0.3) is 22.2 Å². The standard InChI is InChI=1S/C42H49FN8O8/c1-5-19-58-41(56)50-35(24(2)3)39(54)49-32(7-6-17-46-40(44)55)38(53)47-29-14-10-26(11-15-29)23-59-42(57)51(4)22-25-8-12-27(13-9-25)36-30-16-18-45-37(52)31-20-28(43)21-33(48-36)34(30)31/h5,8-15,20-21,24,32,35,48H,1,6-7,16-19,22-23H2,2-4H3,(H,45,52)(H,47,53)(H,49,54)(H,50,56)(H3,44,46,55)/t32-,35-/m0/s1. The van der Waals surface area contributed by atoms with E-state index in [1.807, 2.05) is 24.3 Å². The van der Waals surface area contributed by atoms with Gasteiger partial charge in [-0.05, 0) is 71.7 Å². The molecule has 8 N–H and O–H groups in total. The number of nitrogens with zero attached hydrogens (tertiary/aromatic N) is 1. The van der Waals surface area contributed by atoms with E-state index >= 15 is 0 Å². The van der Waals surface area contributed by atoms with Crippen LogP contribution in [0.15, 0.2) is 73.3 Å². The first-order valence-electron chi connectivity index (χ1n) is 19.1. The third-order valence-corrected chi connectivity index (χ3v) is 9.59. The van der Waals surface area contributed by atoms with Crippen LogP contribution in [0.2, 0.25) is 0 Å². The number of alkyl carbamates (subject to hydrolysis) is 1. The number of nitrogens with one attached hydrogen (secondary N) is 6. The summed E-state index contributed by atoms with van der Waals surface area (Å²) in [6.45, 7) is 7.73. The molecule has 0 saturated carbocycles. The highest BCUT2D eigenvalue weighted by Gasteiger charge is 2.29. The van der Waals surface area contributed by atoms with E-state index in [-0.39, 0.29) is 44.5 Å². The lowest BCUT2D eigenvalue weighted by atomic mass is 9.99. The molecule has 0 spiro atoms. The highest BCUT2D eigenvalue weighted by molar-refractivity contribution is 6.10. The van der Waals surface area contributed by atoms with Crippen molar-refractivity contribution >= 4 is 52.5 Å². The quantitative estimate of drug-likeness (QED) is 0.0576. The Hall–Kier alpha value is -6.91. The van der Waals surface area contributed by atoms with Gasteiger partial charge < -0.3 is 51.7 Å². The van der Waals surface area contributed by atoms with Gasteiger partial charge in [-0.1, -0.05) is 62.9 Å². The fourth-order valence-corrected chi connectivity index (χ4v) is 6.61. The van der Waals surface area contributed by atoms with Gasteiger partial charge in [0.05, 0.1) is 5.56 Å². The minimum absolute atomic E-state index is 0.0379. The predicted molar refractivity (Wildman–Crippen MR) is 219 cm³/mol. The number of carbonyl (C=O) groups is 6. The molecule has 1 aliphatic rings. The van der Waals surface area contributed by atoms with Crippen molar-refractivity contribution in [3.05, 3.63) is 101 Å². The van der Waals surface area contributed by atoms with Crippen molar-refractivity contribution in [1.82, 2.24) is 31.2 Å². The van der Waals surface area contributed by atoms with Crippen LogP contribution in [-0.4, -0.2) is 84.7 Å². The zero-order valence-electron chi connectivity index (χ0n) is 33.1. The number of aromatic nitrogens is 1. The van der Waals surface area contributed by atoms with Crippen LogP contribution in [-0.2, 0) is 38.6 Å². The Balaban J connectivity index is 1.15. The van der Waals surface area contributed by atoms with Crippen LogP contribution in [0.3, 0.4) is 0 Å². The molecule has 3 aromatic carbocycles. The normalized spacial score (nSPS) is 13.0. The maximum absolute atomic E-state index is 14.3. The highest BCUT2D eigenvalue weighted by atomic mass is 19.1. The lowest BCUT2D eigenvalue weighted by Gasteiger charge is -2.25. The van der Waals surface area contributed by atoms with Gasteiger partial charge in [0, 0.05) is 49.0 Å². The van der Waals surface area contributed by atoms with E-state index in [2.05, 4.69) is 38.1 Å². The van der Waals surface area contributed by atoms with E-state index in [4.69, 9.17) is 15.2 Å². The molecule has 16 nitrogen and oxygen atoms in total. The maximum Gasteiger partial charge on any atom is 0.410 e. The number of H-pyrrole nitrogens is 1. The number of hydrogen-bond acceptors (Lipinski definition) is 8. The van der Waals surface area contributed by atoms with Gasteiger partial charge in [0.2, 0.25) is 11.8 Å². The average Bonchev–Trinajstić information content (AvgIpc) is 3.47. The minimum atomic E-state index is -1.04. The molecule has 4 aromatic rings. The molecule has 17 heteroatoms. The average molecular weight is 813 g/mol. The molecule has 0 fully saturated rings. The molecule has 2 atom stereocenters. The number of halogens is 1. The van der Waals surface area contributed by atoms with Crippen molar-refractivity contribution in [2.75, 3.05) is 32.1 Å². The summed E-state index contributed by atoms with van der Waals surface area (Å²) >= 11 is 0.